The van der Waals surface area contributed by atoms with Crippen molar-refractivity contribution in [2.75, 3.05) is 13.1 Å². The minimum atomic E-state index is 0.749. The summed E-state index contributed by atoms with van der Waals surface area (Å²) in [5.41, 5.74) is 2.84. The molecule has 17 heavy (non-hydrogen) atoms. The standard InChI is InChI=1S/C16H27N/c1-13(2)11-17-12-15(4)8-9-16-7-5-6-14(3)10-16/h5-7,10,13,15,17H,8-9,11-12H2,1-4H3. The van der Waals surface area contributed by atoms with Crippen molar-refractivity contribution in [3.05, 3.63) is 35.4 Å². The molecule has 0 aliphatic rings. The van der Waals surface area contributed by atoms with Crippen LogP contribution in [-0.2, 0) is 6.42 Å². The molecule has 0 amide bonds. The average Bonchev–Trinajstić information content (AvgIpc) is 2.26. The minimum Gasteiger partial charge on any atom is -0.316 e. The third-order valence-corrected chi connectivity index (χ3v) is 3.05. The van der Waals surface area contributed by atoms with E-state index in [1.54, 1.807) is 0 Å². The van der Waals surface area contributed by atoms with E-state index in [1.165, 1.54) is 24.0 Å². The largest absolute Gasteiger partial charge is 0.316 e. The summed E-state index contributed by atoms with van der Waals surface area (Å²) in [6.45, 7) is 11.3. The zero-order valence-corrected chi connectivity index (χ0v) is 11.8. The minimum absolute atomic E-state index is 0.749. The number of rotatable bonds is 7. The first kappa shape index (κ1) is 14.2. The smallest absolute Gasteiger partial charge is 0.00229 e. The van der Waals surface area contributed by atoms with E-state index >= 15 is 0 Å². The zero-order valence-electron chi connectivity index (χ0n) is 11.8. The molecule has 1 unspecified atom stereocenters. The van der Waals surface area contributed by atoms with Crippen LogP contribution in [0.4, 0.5) is 0 Å². The maximum absolute atomic E-state index is 3.53. The predicted molar refractivity (Wildman–Crippen MR) is 76.4 cm³/mol. The Morgan fingerprint density at radius 1 is 1.12 bits per heavy atom. The Hall–Kier alpha value is -0.820. The van der Waals surface area contributed by atoms with Crippen LogP contribution in [0, 0.1) is 18.8 Å². The summed E-state index contributed by atoms with van der Waals surface area (Å²) in [5, 5.41) is 3.53. The molecule has 1 nitrogen and oxygen atoms in total. The van der Waals surface area contributed by atoms with Crippen molar-refractivity contribution in [2.24, 2.45) is 11.8 Å². The van der Waals surface area contributed by atoms with Crippen LogP contribution in [0.15, 0.2) is 24.3 Å². The van der Waals surface area contributed by atoms with Crippen LogP contribution >= 0.6 is 0 Å². The number of benzene rings is 1. The number of nitrogens with one attached hydrogen (secondary N) is 1. The van der Waals surface area contributed by atoms with Gasteiger partial charge in [-0.2, -0.15) is 0 Å². The third-order valence-electron chi connectivity index (χ3n) is 3.05. The monoisotopic (exact) mass is 233 g/mol. The van der Waals surface area contributed by atoms with Gasteiger partial charge in [0.05, 0.1) is 0 Å². The maximum atomic E-state index is 3.53. The number of hydrogen-bond acceptors (Lipinski definition) is 1. The van der Waals surface area contributed by atoms with Crippen LogP contribution in [-0.4, -0.2) is 13.1 Å². The van der Waals surface area contributed by atoms with E-state index in [0.717, 1.165) is 24.9 Å². The SMILES string of the molecule is Cc1cccc(CCC(C)CNCC(C)C)c1. The Labute approximate surface area is 107 Å². The van der Waals surface area contributed by atoms with Crippen molar-refractivity contribution in [3.63, 3.8) is 0 Å². The average molecular weight is 233 g/mol. The van der Waals surface area contributed by atoms with Gasteiger partial charge >= 0.3 is 0 Å². The van der Waals surface area contributed by atoms with Crippen molar-refractivity contribution in [1.29, 1.82) is 0 Å². The fourth-order valence-corrected chi connectivity index (χ4v) is 2.00. The molecule has 0 spiro atoms. The second-order valence-electron chi connectivity index (χ2n) is 5.68. The van der Waals surface area contributed by atoms with Crippen LogP contribution in [0.1, 0.15) is 38.3 Å². The van der Waals surface area contributed by atoms with Crippen molar-refractivity contribution < 1.29 is 0 Å². The zero-order chi connectivity index (χ0) is 12.7. The van der Waals surface area contributed by atoms with Crippen molar-refractivity contribution >= 4 is 0 Å². The molecule has 0 heterocycles. The van der Waals surface area contributed by atoms with Crippen LogP contribution in [0.2, 0.25) is 0 Å². The Balaban J connectivity index is 2.21. The highest BCUT2D eigenvalue weighted by atomic mass is 14.9. The lowest BCUT2D eigenvalue weighted by molar-refractivity contribution is 0.454. The molecular formula is C16H27N. The van der Waals surface area contributed by atoms with Gasteiger partial charge in [-0.15, -0.1) is 0 Å². The van der Waals surface area contributed by atoms with Gasteiger partial charge in [-0.1, -0.05) is 50.6 Å². The first-order chi connectivity index (χ1) is 8.08. The van der Waals surface area contributed by atoms with Gasteiger partial charge in [-0.25, -0.2) is 0 Å². The highest BCUT2D eigenvalue weighted by Crippen LogP contribution is 2.10. The first-order valence-corrected chi connectivity index (χ1v) is 6.84. The fourth-order valence-electron chi connectivity index (χ4n) is 2.00. The lowest BCUT2D eigenvalue weighted by Gasteiger charge is -2.14. The van der Waals surface area contributed by atoms with Gasteiger partial charge in [0, 0.05) is 0 Å². The molecule has 0 saturated heterocycles. The summed E-state index contributed by atoms with van der Waals surface area (Å²) in [4.78, 5) is 0. The summed E-state index contributed by atoms with van der Waals surface area (Å²) in [7, 11) is 0. The molecule has 1 heteroatoms. The van der Waals surface area contributed by atoms with Gasteiger partial charge in [0.25, 0.3) is 0 Å². The molecule has 0 fully saturated rings. The van der Waals surface area contributed by atoms with E-state index in [9.17, 15) is 0 Å². The van der Waals surface area contributed by atoms with E-state index < -0.39 is 0 Å². The van der Waals surface area contributed by atoms with Crippen molar-refractivity contribution in [2.45, 2.75) is 40.5 Å². The molecule has 1 atom stereocenters. The Kier molecular flexibility index (Phi) is 6.28. The normalized spacial score (nSPS) is 13.0. The van der Waals surface area contributed by atoms with Crippen LogP contribution < -0.4 is 5.32 Å². The second kappa shape index (κ2) is 7.50. The van der Waals surface area contributed by atoms with E-state index in [0.29, 0.717) is 0 Å². The lowest BCUT2D eigenvalue weighted by Crippen LogP contribution is -2.25. The van der Waals surface area contributed by atoms with Gasteiger partial charge in [0.1, 0.15) is 0 Å². The van der Waals surface area contributed by atoms with Crippen LogP contribution in [0.25, 0.3) is 0 Å². The molecule has 1 rings (SSSR count). The first-order valence-electron chi connectivity index (χ1n) is 6.84. The van der Waals surface area contributed by atoms with Gasteiger partial charge in [0.15, 0.2) is 0 Å². The topological polar surface area (TPSA) is 12.0 Å². The van der Waals surface area contributed by atoms with Gasteiger partial charge in [-0.3, -0.25) is 0 Å². The molecule has 1 aromatic carbocycles. The fraction of sp³-hybridized carbons (Fsp3) is 0.625. The number of hydrogen-bond donors (Lipinski definition) is 1. The molecule has 0 aliphatic carbocycles. The van der Waals surface area contributed by atoms with E-state index in [2.05, 4.69) is 57.3 Å². The molecule has 0 bridgehead atoms. The van der Waals surface area contributed by atoms with Gasteiger partial charge in [0.2, 0.25) is 0 Å². The van der Waals surface area contributed by atoms with Crippen molar-refractivity contribution in [3.8, 4) is 0 Å². The number of aryl methyl sites for hydroxylation is 2. The van der Waals surface area contributed by atoms with E-state index in [-0.39, 0.29) is 0 Å². The quantitative estimate of drug-likeness (QED) is 0.755. The van der Waals surface area contributed by atoms with Gasteiger partial charge in [-0.05, 0) is 50.3 Å². The molecule has 0 aromatic heterocycles. The maximum Gasteiger partial charge on any atom is -0.00229 e. The highest BCUT2D eigenvalue weighted by molar-refractivity contribution is 5.22. The second-order valence-corrected chi connectivity index (χ2v) is 5.68. The molecular weight excluding hydrogens is 206 g/mol. The lowest BCUT2D eigenvalue weighted by atomic mass is 10.00. The van der Waals surface area contributed by atoms with Crippen LogP contribution in [0.5, 0.6) is 0 Å². The van der Waals surface area contributed by atoms with Crippen LogP contribution in [0.3, 0.4) is 0 Å². The van der Waals surface area contributed by atoms with Gasteiger partial charge < -0.3 is 5.32 Å². The van der Waals surface area contributed by atoms with E-state index in [1.807, 2.05) is 0 Å². The third kappa shape index (κ3) is 6.48. The van der Waals surface area contributed by atoms with E-state index in [4.69, 9.17) is 0 Å². The molecule has 0 saturated carbocycles. The predicted octanol–water partition coefficient (Wildman–Crippen LogP) is 3.81. The highest BCUT2D eigenvalue weighted by Gasteiger charge is 2.03. The summed E-state index contributed by atoms with van der Waals surface area (Å²) >= 11 is 0. The Bertz CT molecular complexity index is 317. The summed E-state index contributed by atoms with van der Waals surface area (Å²) in [6.07, 6.45) is 2.47. The Morgan fingerprint density at radius 2 is 1.88 bits per heavy atom. The summed E-state index contributed by atoms with van der Waals surface area (Å²) in [6, 6.07) is 8.86. The Morgan fingerprint density at radius 3 is 2.53 bits per heavy atom. The molecule has 0 radical (unpaired) electrons. The molecule has 0 aliphatic heterocycles. The summed E-state index contributed by atoms with van der Waals surface area (Å²) < 4.78 is 0. The molecule has 96 valence electrons. The molecule has 1 aromatic rings. The molecule has 1 N–H and O–H groups in total. The van der Waals surface area contributed by atoms with Crippen molar-refractivity contribution in [1.82, 2.24) is 5.32 Å². The summed E-state index contributed by atoms with van der Waals surface area (Å²) in [5.74, 6) is 1.51.